The van der Waals surface area contributed by atoms with E-state index in [0.29, 0.717) is 27.3 Å². The Balaban J connectivity index is 2.54. The number of nitrogens with two attached hydrogens (primary N) is 1. The van der Waals surface area contributed by atoms with Crippen LogP contribution < -0.4 is 11.1 Å². The van der Waals surface area contributed by atoms with Crippen LogP contribution in [0.3, 0.4) is 0 Å². The van der Waals surface area contributed by atoms with Gasteiger partial charge in [-0.25, -0.2) is 0 Å². The van der Waals surface area contributed by atoms with Crippen LogP contribution >= 0.6 is 34.8 Å². The molecule has 0 spiro atoms. The van der Waals surface area contributed by atoms with E-state index in [1.807, 2.05) is 13.8 Å². The summed E-state index contributed by atoms with van der Waals surface area (Å²) >= 11 is 18.0. The zero-order valence-electron chi connectivity index (χ0n) is 11.4. The van der Waals surface area contributed by atoms with Gasteiger partial charge in [0, 0.05) is 17.0 Å². The number of hydrogen-bond acceptors (Lipinski definition) is 3. The van der Waals surface area contributed by atoms with Crippen LogP contribution in [0.15, 0.2) is 17.3 Å². The number of oxime groups is 1. The molecule has 0 aliphatic carbocycles. The highest BCUT2D eigenvalue weighted by atomic mass is 35.5. The molecule has 4 N–H and O–H groups in total. The second kappa shape index (κ2) is 7.25. The van der Waals surface area contributed by atoms with E-state index in [0.717, 1.165) is 12.8 Å². The van der Waals surface area contributed by atoms with E-state index in [9.17, 15) is 0 Å². The summed E-state index contributed by atoms with van der Waals surface area (Å²) in [6.45, 7) is 4.51. The van der Waals surface area contributed by atoms with E-state index < -0.39 is 0 Å². The summed E-state index contributed by atoms with van der Waals surface area (Å²) in [6, 6.07) is 3.27. The summed E-state index contributed by atoms with van der Waals surface area (Å²) in [4.78, 5) is 0. The number of halogens is 3. The van der Waals surface area contributed by atoms with Gasteiger partial charge in [-0.15, -0.1) is 0 Å². The number of nitrogens with zero attached hydrogens (tertiary/aromatic N) is 1. The van der Waals surface area contributed by atoms with Crippen LogP contribution in [-0.4, -0.2) is 17.6 Å². The zero-order valence-corrected chi connectivity index (χ0v) is 13.6. The molecule has 0 radical (unpaired) electrons. The number of benzene rings is 1. The van der Waals surface area contributed by atoms with Crippen molar-refractivity contribution in [1.82, 2.24) is 0 Å². The molecule has 0 unspecified atom stereocenters. The normalized spacial score (nSPS) is 12.6. The Morgan fingerprint density at radius 3 is 2.35 bits per heavy atom. The van der Waals surface area contributed by atoms with E-state index in [1.54, 1.807) is 12.1 Å². The van der Waals surface area contributed by atoms with E-state index >= 15 is 0 Å². The minimum absolute atomic E-state index is 0.222. The van der Waals surface area contributed by atoms with E-state index in [1.165, 1.54) is 0 Å². The third-order valence-electron chi connectivity index (χ3n) is 3.09. The van der Waals surface area contributed by atoms with Crippen LogP contribution in [0, 0.1) is 5.41 Å². The fraction of sp³-hybridized carbons (Fsp3) is 0.462. The molecule has 0 amide bonds. The maximum Gasteiger partial charge on any atom is 0.144 e. The predicted molar refractivity (Wildman–Crippen MR) is 86.4 cm³/mol. The molecule has 20 heavy (non-hydrogen) atoms. The molecule has 1 rings (SSSR count). The Kier molecular flexibility index (Phi) is 6.24. The van der Waals surface area contributed by atoms with Crippen LogP contribution in [-0.2, 0) is 0 Å². The van der Waals surface area contributed by atoms with Gasteiger partial charge in [-0.2, -0.15) is 0 Å². The quantitative estimate of drug-likeness (QED) is 0.233. The molecule has 0 aliphatic rings. The molecule has 1 aromatic carbocycles. The Bertz CT molecular complexity index is 481. The number of amidine groups is 1. The maximum atomic E-state index is 8.70. The minimum Gasteiger partial charge on any atom is -0.409 e. The number of anilines is 1. The van der Waals surface area contributed by atoms with Gasteiger partial charge in [-0.1, -0.05) is 53.8 Å². The summed E-state index contributed by atoms with van der Waals surface area (Å²) < 4.78 is 0. The van der Waals surface area contributed by atoms with Crippen LogP contribution in [0.5, 0.6) is 0 Å². The van der Waals surface area contributed by atoms with Crippen LogP contribution in [0.25, 0.3) is 0 Å². The lowest BCUT2D eigenvalue weighted by Crippen LogP contribution is -2.32. The molecule has 1 aromatic rings. The summed E-state index contributed by atoms with van der Waals surface area (Å²) in [5, 5.41) is 16.4. The summed E-state index contributed by atoms with van der Waals surface area (Å²) in [7, 11) is 0. The average molecular weight is 339 g/mol. The van der Waals surface area contributed by atoms with Gasteiger partial charge in [0.25, 0.3) is 0 Å². The van der Waals surface area contributed by atoms with Crippen molar-refractivity contribution in [2.75, 3.05) is 11.9 Å². The lowest BCUT2D eigenvalue weighted by atomic mass is 9.86. The summed E-state index contributed by atoms with van der Waals surface area (Å²) in [6.07, 6.45) is 1.58. The van der Waals surface area contributed by atoms with Crippen molar-refractivity contribution >= 4 is 46.3 Å². The number of nitrogens with one attached hydrogen (secondary N) is 1. The summed E-state index contributed by atoms with van der Waals surface area (Å²) in [5.41, 5.74) is 5.94. The molecule has 112 valence electrons. The third-order valence-corrected chi connectivity index (χ3v) is 3.90. The fourth-order valence-electron chi connectivity index (χ4n) is 1.72. The van der Waals surface area contributed by atoms with Crippen molar-refractivity contribution in [3.8, 4) is 0 Å². The van der Waals surface area contributed by atoms with Crippen molar-refractivity contribution in [1.29, 1.82) is 0 Å². The first-order chi connectivity index (χ1) is 9.27. The van der Waals surface area contributed by atoms with Crippen molar-refractivity contribution in [3.63, 3.8) is 0 Å². The highest BCUT2D eigenvalue weighted by Gasteiger charge is 2.22. The Hall–Kier alpha value is -0.840. The molecular weight excluding hydrogens is 321 g/mol. The molecule has 7 heteroatoms. The molecule has 4 nitrogen and oxygen atoms in total. The lowest BCUT2D eigenvalue weighted by molar-refractivity contribution is 0.305. The van der Waals surface area contributed by atoms with Crippen molar-refractivity contribution in [2.45, 2.75) is 26.7 Å². The molecule has 0 aliphatic heterocycles. The predicted octanol–water partition coefficient (Wildman–Crippen LogP) is 4.61. The Morgan fingerprint density at radius 2 is 1.85 bits per heavy atom. The number of hydrogen-bond donors (Lipinski definition) is 3. The van der Waals surface area contributed by atoms with Crippen LogP contribution in [0.1, 0.15) is 26.7 Å². The highest BCUT2D eigenvalue weighted by molar-refractivity contribution is 6.41. The molecular formula is C13H18Cl3N3O. The monoisotopic (exact) mass is 337 g/mol. The standard InChI is InChI=1S/C13H18Cl3N3O/c1-13(2,12(17)19-20)4-3-5-18-11-9(15)6-8(14)7-10(11)16/h6-7,18,20H,3-5H2,1-2H3,(H2,17,19). The van der Waals surface area contributed by atoms with Gasteiger partial charge in [-0.3, -0.25) is 0 Å². The zero-order chi connectivity index (χ0) is 15.3. The SMILES string of the molecule is CC(C)(CCCNc1c(Cl)cc(Cl)cc1Cl)C(N)=NO. The number of rotatable bonds is 6. The van der Waals surface area contributed by atoms with Gasteiger partial charge in [0.05, 0.1) is 15.7 Å². The Morgan fingerprint density at radius 1 is 1.30 bits per heavy atom. The van der Waals surface area contributed by atoms with Gasteiger partial charge in [-0.05, 0) is 25.0 Å². The molecule has 0 aromatic heterocycles. The largest absolute Gasteiger partial charge is 0.409 e. The first kappa shape index (κ1) is 17.2. The second-order valence-electron chi connectivity index (χ2n) is 5.14. The van der Waals surface area contributed by atoms with E-state index in [-0.39, 0.29) is 11.3 Å². The minimum atomic E-state index is -0.357. The van der Waals surface area contributed by atoms with Crippen molar-refractivity contribution in [3.05, 3.63) is 27.2 Å². The van der Waals surface area contributed by atoms with Crippen LogP contribution in [0.4, 0.5) is 5.69 Å². The maximum absolute atomic E-state index is 8.70. The van der Waals surface area contributed by atoms with Gasteiger partial charge < -0.3 is 16.3 Å². The molecule has 0 fully saturated rings. The van der Waals surface area contributed by atoms with Crippen molar-refractivity contribution in [2.24, 2.45) is 16.3 Å². The smallest absolute Gasteiger partial charge is 0.144 e. The topological polar surface area (TPSA) is 70.6 Å². The van der Waals surface area contributed by atoms with E-state index in [4.69, 9.17) is 45.7 Å². The van der Waals surface area contributed by atoms with Crippen LogP contribution in [0.2, 0.25) is 15.1 Å². The van der Waals surface area contributed by atoms with Gasteiger partial charge in [0.1, 0.15) is 5.84 Å². The van der Waals surface area contributed by atoms with Crippen molar-refractivity contribution < 1.29 is 5.21 Å². The molecule has 0 saturated heterocycles. The first-order valence-electron chi connectivity index (χ1n) is 6.14. The van der Waals surface area contributed by atoms with Gasteiger partial charge >= 0.3 is 0 Å². The third kappa shape index (κ3) is 4.62. The van der Waals surface area contributed by atoms with E-state index in [2.05, 4.69) is 10.5 Å². The molecule has 0 atom stereocenters. The summed E-state index contributed by atoms with van der Waals surface area (Å²) in [5.74, 6) is 0.222. The van der Waals surface area contributed by atoms with Gasteiger partial charge in [0.15, 0.2) is 0 Å². The Labute approximate surface area is 133 Å². The highest BCUT2D eigenvalue weighted by Crippen LogP contribution is 2.33. The molecule has 0 heterocycles. The molecule has 0 saturated carbocycles. The molecule has 0 bridgehead atoms. The lowest BCUT2D eigenvalue weighted by Gasteiger charge is -2.22. The first-order valence-corrected chi connectivity index (χ1v) is 7.27. The average Bonchev–Trinajstić information content (AvgIpc) is 2.35. The fourth-order valence-corrected chi connectivity index (χ4v) is 2.67. The second-order valence-corrected chi connectivity index (χ2v) is 6.39. The van der Waals surface area contributed by atoms with Gasteiger partial charge in [0.2, 0.25) is 0 Å².